The minimum atomic E-state index is -0.324. The second kappa shape index (κ2) is 5.79. The zero-order valence-corrected chi connectivity index (χ0v) is 13.0. The predicted molar refractivity (Wildman–Crippen MR) is 86.6 cm³/mol. The minimum Gasteiger partial charge on any atom is -0.319 e. The van der Waals surface area contributed by atoms with E-state index in [4.69, 9.17) is 11.6 Å². The number of hydrogen-bond donors (Lipinski definition) is 1. The van der Waals surface area contributed by atoms with Gasteiger partial charge in [0, 0.05) is 17.8 Å². The van der Waals surface area contributed by atoms with E-state index in [1.165, 1.54) is 0 Å². The number of nitrogens with zero attached hydrogens (tertiary/aromatic N) is 2. The molecule has 0 bridgehead atoms. The Morgan fingerprint density at radius 1 is 1.24 bits per heavy atom. The van der Waals surface area contributed by atoms with E-state index in [1.807, 2.05) is 24.3 Å². The maximum absolute atomic E-state index is 12.3. The summed E-state index contributed by atoms with van der Waals surface area (Å²) in [4.78, 5) is 20.6. The first-order valence-electron chi connectivity index (χ1n) is 6.11. The van der Waals surface area contributed by atoms with Crippen molar-refractivity contribution in [3.8, 4) is 0 Å². The number of hydrogen-bond acceptors (Lipinski definition) is 3. The molecule has 6 heteroatoms. The first-order valence-corrected chi connectivity index (χ1v) is 7.28. The molecule has 0 fully saturated rings. The van der Waals surface area contributed by atoms with Gasteiger partial charge in [0.1, 0.15) is 5.69 Å². The van der Waals surface area contributed by atoms with E-state index in [0.29, 0.717) is 20.7 Å². The fourth-order valence-corrected chi connectivity index (χ4v) is 2.52. The number of rotatable bonds is 2. The zero-order chi connectivity index (χ0) is 14.8. The molecule has 0 saturated carbocycles. The molecular formula is C15H9BrClN3O. The third-order valence-electron chi connectivity index (χ3n) is 2.92. The third kappa shape index (κ3) is 2.89. The molecule has 2 aromatic heterocycles. The van der Waals surface area contributed by atoms with Gasteiger partial charge in [0.25, 0.3) is 5.91 Å². The molecule has 0 aliphatic heterocycles. The Morgan fingerprint density at radius 3 is 2.86 bits per heavy atom. The first kappa shape index (κ1) is 14.0. The number of para-hydroxylation sites is 1. The van der Waals surface area contributed by atoms with E-state index < -0.39 is 0 Å². The summed E-state index contributed by atoms with van der Waals surface area (Å²) in [5.74, 6) is -0.324. The monoisotopic (exact) mass is 361 g/mol. The van der Waals surface area contributed by atoms with Crippen LogP contribution in [0.2, 0.25) is 5.02 Å². The van der Waals surface area contributed by atoms with Crippen LogP contribution in [-0.4, -0.2) is 15.9 Å². The second-order valence-corrected chi connectivity index (χ2v) is 5.58. The number of nitrogens with one attached hydrogen (secondary N) is 1. The molecule has 3 aromatic rings. The van der Waals surface area contributed by atoms with Crippen molar-refractivity contribution >= 4 is 50.0 Å². The summed E-state index contributed by atoms with van der Waals surface area (Å²) in [5, 5.41) is 4.09. The van der Waals surface area contributed by atoms with Crippen LogP contribution >= 0.6 is 27.5 Å². The van der Waals surface area contributed by atoms with Gasteiger partial charge in [-0.3, -0.25) is 9.78 Å². The maximum Gasteiger partial charge on any atom is 0.274 e. The maximum atomic E-state index is 12.3. The number of amides is 1. The number of anilines is 1. The lowest BCUT2D eigenvalue weighted by molar-refractivity contribution is 0.102. The summed E-state index contributed by atoms with van der Waals surface area (Å²) < 4.78 is 0.699. The quantitative estimate of drug-likeness (QED) is 0.739. The van der Waals surface area contributed by atoms with Crippen molar-refractivity contribution in [3.63, 3.8) is 0 Å². The molecule has 1 N–H and O–H groups in total. The molecule has 4 nitrogen and oxygen atoms in total. The number of aromatic nitrogens is 2. The average molecular weight is 363 g/mol. The van der Waals surface area contributed by atoms with Crippen LogP contribution in [0, 0.1) is 0 Å². The standard InChI is InChI=1S/C15H9BrClN3O/c16-10-8-18-6-5-13(10)20-15(21)14-7-11(17)9-3-1-2-4-12(9)19-14/h1-8H,(H,18,20,21). The van der Waals surface area contributed by atoms with E-state index >= 15 is 0 Å². The Hall–Kier alpha value is -1.98. The molecule has 1 amide bonds. The van der Waals surface area contributed by atoms with Crippen LogP contribution in [0.25, 0.3) is 10.9 Å². The molecule has 3 rings (SSSR count). The normalized spacial score (nSPS) is 10.6. The number of carbonyl (C=O) groups excluding carboxylic acids is 1. The summed E-state index contributed by atoms with van der Waals surface area (Å²) in [6.07, 6.45) is 3.21. The van der Waals surface area contributed by atoms with Gasteiger partial charge in [0.05, 0.1) is 20.7 Å². The van der Waals surface area contributed by atoms with Crippen molar-refractivity contribution in [1.82, 2.24) is 9.97 Å². The molecule has 0 aliphatic carbocycles. The summed E-state index contributed by atoms with van der Waals surface area (Å²) in [7, 11) is 0. The third-order valence-corrected chi connectivity index (χ3v) is 3.86. The summed E-state index contributed by atoms with van der Waals surface area (Å²) in [6.45, 7) is 0. The minimum absolute atomic E-state index is 0.266. The highest BCUT2D eigenvalue weighted by Gasteiger charge is 2.12. The highest BCUT2D eigenvalue weighted by atomic mass is 79.9. The van der Waals surface area contributed by atoms with Gasteiger partial charge in [-0.1, -0.05) is 29.8 Å². The Kier molecular flexibility index (Phi) is 3.86. The van der Waals surface area contributed by atoms with Crippen LogP contribution in [0.5, 0.6) is 0 Å². The molecule has 21 heavy (non-hydrogen) atoms. The smallest absolute Gasteiger partial charge is 0.274 e. The van der Waals surface area contributed by atoms with Gasteiger partial charge in [0.2, 0.25) is 0 Å². The Morgan fingerprint density at radius 2 is 2.05 bits per heavy atom. The molecule has 0 spiro atoms. The number of carbonyl (C=O) groups is 1. The lowest BCUT2D eigenvalue weighted by Gasteiger charge is -2.08. The second-order valence-electron chi connectivity index (χ2n) is 4.32. The zero-order valence-electron chi connectivity index (χ0n) is 10.7. The van der Waals surface area contributed by atoms with Crippen molar-refractivity contribution in [3.05, 3.63) is 64.0 Å². The lowest BCUT2D eigenvalue weighted by Crippen LogP contribution is -2.14. The summed E-state index contributed by atoms with van der Waals surface area (Å²) >= 11 is 9.53. The Labute approximate surface area is 134 Å². The van der Waals surface area contributed by atoms with E-state index in [0.717, 1.165) is 5.39 Å². The fourth-order valence-electron chi connectivity index (χ4n) is 1.91. The van der Waals surface area contributed by atoms with Crippen molar-refractivity contribution in [2.75, 3.05) is 5.32 Å². The van der Waals surface area contributed by atoms with Gasteiger partial charge < -0.3 is 5.32 Å². The van der Waals surface area contributed by atoms with Crippen LogP contribution in [0.15, 0.2) is 53.3 Å². The van der Waals surface area contributed by atoms with Gasteiger partial charge in [-0.25, -0.2) is 4.98 Å². The van der Waals surface area contributed by atoms with Gasteiger partial charge in [-0.15, -0.1) is 0 Å². The van der Waals surface area contributed by atoms with Crippen molar-refractivity contribution in [2.24, 2.45) is 0 Å². The topological polar surface area (TPSA) is 54.9 Å². The molecule has 0 atom stereocenters. The van der Waals surface area contributed by atoms with Gasteiger partial charge >= 0.3 is 0 Å². The van der Waals surface area contributed by atoms with Crippen LogP contribution < -0.4 is 5.32 Å². The van der Waals surface area contributed by atoms with Crippen molar-refractivity contribution in [1.29, 1.82) is 0 Å². The summed E-state index contributed by atoms with van der Waals surface area (Å²) in [6, 6.07) is 10.7. The molecule has 0 aliphatic rings. The predicted octanol–water partition coefficient (Wildman–Crippen LogP) is 4.30. The van der Waals surface area contributed by atoms with Crippen LogP contribution in [0.4, 0.5) is 5.69 Å². The molecule has 2 heterocycles. The van der Waals surface area contributed by atoms with E-state index in [1.54, 1.807) is 24.5 Å². The van der Waals surface area contributed by atoms with Gasteiger partial charge in [-0.2, -0.15) is 0 Å². The Balaban J connectivity index is 1.97. The number of halogens is 2. The lowest BCUT2D eigenvalue weighted by atomic mass is 10.2. The molecule has 0 radical (unpaired) electrons. The van der Waals surface area contributed by atoms with Crippen molar-refractivity contribution in [2.45, 2.75) is 0 Å². The SMILES string of the molecule is O=C(Nc1ccncc1Br)c1cc(Cl)c2ccccc2n1. The highest BCUT2D eigenvalue weighted by Crippen LogP contribution is 2.24. The first-order chi connectivity index (χ1) is 10.1. The van der Waals surface area contributed by atoms with Gasteiger partial charge in [-0.05, 0) is 34.1 Å². The summed E-state index contributed by atoms with van der Waals surface area (Å²) in [5.41, 5.74) is 1.58. The fraction of sp³-hybridized carbons (Fsp3) is 0. The average Bonchev–Trinajstić information content (AvgIpc) is 2.49. The van der Waals surface area contributed by atoms with E-state index in [9.17, 15) is 4.79 Å². The van der Waals surface area contributed by atoms with E-state index in [2.05, 4.69) is 31.2 Å². The molecule has 1 aromatic carbocycles. The van der Waals surface area contributed by atoms with E-state index in [-0.39, 0.29) is 11.6 Å². The van der Waals surface area contributed by atoms with Gasteiger partial charge in [0.15, 0.2) is 0 Å². The molecule has 0 unspecified atom stereocenters. The number of benzene rings is 1. The number of fused-ring (bicyclic) bond motifs is 1. The van der Waals surface area contributed by atoms with Crippen LogP contribution in [0.1, 0.15) is 10.5 Å². The van der Waals surface area contributed by atoms with Crippen LogP contribution in [-0.2, 0) is 0 Å². The molecule has 104 valence electrons. The van der Waals surface area contributed by atoms with Crippen molar-refractivity contribution < 1.29 is 4.79 Å². The highest BCUT2D eigenvalue weighted by molar-refractivity contribution is 9.10. The largest absolute Gasteiger partial charge is 0.319 e. The number of pyridine rings is 2. The Bertz CT molecular complexity index is 838. The molecule has 0 saturated heterocycles. The van der Waals surface area contributed by atoms with Crippen LogP contribution in [0.3, 0.4) is 0 Å². The molecular weight excluding hydrogens is 354 g/mol.